The minimum atomic E-state index is -0.208. The van der Waals surface area contributed by atoms with Crippen molar-refractivity contribution in [1.82, 2.24) is 0 Å². The maximum absolute atomic E-state index is 12.5. The minimum Gasteiger partial charge on any atom is -0.455 e. The highest BCUT2D eigenvalue weighted by atomic mass is 32.1. The molecule has 1 aliphatic rings. The van der Waals surface area contributed by atoms with Crippen LogP contribution in [-0.2, 0) is 0 Å². The second kappa shape index (κ2) is 5.64. The van der Waals surface area contributed by atoms with Gasteiger partial charge in [-0.3, -0.25) is 9.59 Å². The highest BCUT2D eigenvalue weighted by Crippen LogP contribution is 2.36. The fourth-order valence-electron chi connectivity index (χ4n) is 3.22. The van der Waals surface area contributed by atoms with Crippen molar-refractivity contribution in [2.24, 2.45) is 0 Å². The maximum Gasteiger partial charge on any atom is 0.197 e. The van der Waals surface area contributed by atoms with Crippen LogP contribution in [0.25, 0.3) is 27.7 Å². The predicted molar refractivity (Wildman–Crippen MR) is 103 cm³/mol. The zero-order valence-corrected chi connectivity index (χ0v) is 14.4. The largest absolute Gasteiger partial charge is 0.455 e. The average molecular weight is 356 g/mol. The molecular formula is C22H12O3S. The van der Waals surface area contributed by atoms with Crippen molar-refractivity contribution in [3.63, 3.8) is 0 Å². The number of hydrogen-bond donors (Lipinski definition) is 0. The van der Waals surface area contributed by atoms with Crippen molar-refractivity contribution in [3.8, 4) is 11.3 Å². The fraction of sp³-hybridized carbons (Fsp3) is 0. The smallest absolute Gasteiger partial charge is 0.197 e. The first-order valence-corrected chi connectivity index (χ1v) is 9.01. The Bertz CT molecular complexity index is 1140. The van der Waals surface area contributed by atoms with Gasteiger partial charge in [0, 0.05) is 27.6 Å². The zero-order chi connectivity index (χ0) is 17.7. The first-order chi connectivity index (χ1) is 12.7. The van der Waals surface area contributed by atoms with Gasteiger partial charge in [0.15, 0.2) is 11.6 Å². The fourth-order valence-corrected chi connectivity index (χ4v) is 4.18. The lowest BCUT2D eigenvalue weighted by atomic mass is 10.1. The summed E-state index contributed by atoms with van der Waals surface area (Å²) in [7, 11) is 0. The molecule has 0 spiro atoms. The number of fused-ring (bicyclic) bond motifs is 2. The van der Waals surface area contributed by atoms with Crippen molar-refractivity contribution < 1.29 is 14.0 Å². The van der Waals surface area contributed by atoms with Gasteiger partial charge in [0.25, 0.3) is 0 Å². The van der Waals surface area contributed by atoms with Crippen LogP contribution in [0.4, 0.5) is 0 Å². The Morgan fingerprint density at radius 1 is 0.808 bits per heavy atom. The molecule has 0 radical (unpaired) electrons. The molecule has 26 heavy (non-hydrogen) atoms. The first kappa shape index (κ1) is 15.0. The van der Waals surface area contributed by atoms with Crippen LogP contribution in [0.2, 0.25) is 0 Å². The molecule has 0 amide bonds. The van der Waals surface area contributed by atoms with Gasteiger partial charge in [-0.1, -0.05) is 54.6 Å². The zero-order valence-electron chi connectivity index (χ0n) is 13.6. The molecule has 2 aromatic carbocycles. The molecule has 0 unspecified atom stereocenters. The van der Waals surface area contributed by atoms with Crippen LogP contribution in [-0.4, -0.2) is 11.6 Å². The number of benzene rings is 2. The molecule has 4 aromatic rings. The highest BCUT2D eigenvalue weighted by molar-refractivity contribution is 7.19. The number of rotatable bonds is 2. The molecule has 5 rings (SSSR count). The molecule has 2 aromatic heterocycles. The van der Waals surface area contributed by atoms with E-state index in [1.807, 2.05) is 42.5 Å². The van der Waals surface area contributed by atoms with Gasteiger partial charge in [0.1, 0.15) is 11.3 Å². The number of allylic oxidation sites excluding steroid dienone is 1. The number of Topliss-reactive ketones (excluding diaryl/α,β-unsaturated/α-hetero) is 2. The van der Waals surface area contributed by atoms with E-state index in [1.54, 1.807) is 30.3 Å². The average Bonchev–Trinajstić information content (AvgIpc) is 3.30. The normalized spacial score (nSPS) is 13.5. The molecule has 4 heteroatoms. The van der Waals surface area contributed by atoms with Crippen LogP contribution in [0.5, 0.6) is 0 Å². The molecule has 0 fully saturated rings. The molecule has 0 saturated heterocycles. The maximum atomic E-state index is 12.5. The topological polar surface area (TPSA) is 47.3 Å². The summed E-state index contributed by atoms with van der Waals surface area (Å²) in [6.45, 7) is 0. The number of thiophene rings is 1. The van der Waals surface area contributed by atoms with Gasteiger partial charge in [0.2, 0.25) is 0 Å². The predicted octanol–water partition coefficient (Wildman–Crippen LogP) is 5.62. The van der Waals surface area contributed by atoms with Crippen LogP contribution in [0.1, 0.15) is 25.6 Å². The summed E-state index contributed by atoms with van der Waals surface area (Å²) in [5.74, 6) is 0.396. The van der Waals surface area contributed by atoms with E-state index in [9.17, 15) is 9.59 Å². The molecule has 0 saturated carbocycles. The lowest BCUT2D eigenvalue weighted by Gasteiger charge is -1.94. The van der Waals surface area contributed by atoms with Gasteiger partial charge in [0.05, 0.1) is 10.3 Å². The molecule has 1 aliphatic carbocycles. The molecular weight excluding hydrogens is 344 g/mol. The molecule has 124 valence electrons. The van der Waals surface area contributed by atoms with Gasteiger partial charge in [-0.25, -0.2) is 0 Å². The van der Waals surface area contributed by atoms with E-state index in [0.29, 0.717) is 11.1 Å². The van der Waals surface area contributed by atoms with E-state index < -0.39 is 0 Å². The minimum absolute atomic E-state index is 0.208. The number of carbonyl (C=O) groups is 2. The number of furan rings is 1. The molecule has 0 bridgehead atoms. The van der Waals surface area contributed by atoms with Gasteiger partial charge >= 0.3 is 0 Å². The quantitative estimate of drug-likeness (QED) is 0.346. The Labute approximate surface area is 153 Å². The van der Waals surface area contributed by atoms with E-state index in [1.165, 1.54) is 11.3 Å². The second-order valence-corrected chi connectivity index (χ2v) is 7.23. The van der Waals surface area contributed by atoms with Crippen molar-refractivity contribution in [2.75, 3.05) is 0 Å². The van der Waals surface area contributed by atoms with E-state index in [0.717, 1.165) is 26.5 Å². The molecule has 2 heterocycles. The molecule has 0 aliphatic heterocycles. The summed E-state index contributed by atoms with van der Waals surface area (Å²) in [4.78, 5) is 25.8. The Morgan fingerprint density at radius 2 is 1.46 bits per heavy atom. The number of ketones is 2. The van der Waals surface area contributed by atoms with E-state index in [-0.39, 0.29) is 17.1 Å². The monoisotopic (exact) mass is 356 g/mol. The third-order valence-electron chi connectivity index (χ3n) is 4.48. The number of hydrogen-bond acceptors (Lipinski definition) is 4. The van der Waals surface area contributed by atoms with Gasteiger partial charge in [-0.05, 0) is 12.1 Å². The third-order valence-corrected chi connectivity index (χ3v) is 5.49. The van der Waals surface area contributed by atoms with Crippen molar-refractivity contribution in [1.29, 1.82) is 0 Å². The molecule has 3 nitrogen and oxygen atoms in total. The van der Waals surface area contributed by atoms with E-state index in [2.05, 4.69) is 0 Å². The van der Waals surface area contributed by atoms with Crippen LogP contribution in [0, 0.1) is 0 Å². The van der Waals surface area contributed by atoms with Crippen molar-refractivity contribution >= 4 is 39.3 Å². The Kier molecular flexibility index (Phi) is 3.27. The summed E-state index contributed by atoms with van der Waals surface area (Å²) in [6.07, 6.45) is 1.67. The van der Waals surface area contributed by atoms with E-state index in [4.69, 9.17) is 4.42 Å². The lowest BCUT2D eigenvalue weighted by molar-refractivity contribution is 0.0990. The Balaban J connectivity index is 1.53. The second-order valence-electron chi connectivity index (χ2n) is 6.12. The van der Waals surface area contributed by atoms with Crippen LogP contribution >= 0.6 is 11.3 Å². The molecule has 0 N–H and O–H groups in total. The van der Waals surface area contributed by atoms with E-state index >= 15 is 0 Å². The van der Waals surface area contributed by atoms with Crippen LogP contribution < -0.4 is 0 Å². The summed E-state index contributed by atoms with van der Waals surface area (Å²) in [5, 5.41) is 0. The van der Waals surface area contributed by atoms with Crippen LogP contribution in [0.3, 0.4) is 0 Å². The Hall–Kier alpha value is -3.24. The summed E-state index contributed by atoms with van der Waals surface area (Å²) >= 11 is 1.51. The van der Waals surface area contributed by atoms with Gasteiger partial charge < -0.3 is 4.42 Å². The number of carbonyl (C=O) groups excluding carboxylic acids is 2. The molecule has 0 atom stereocenters. The first-order valence-electron chi connectivity index (χ1n) is 8.19. The standard InChI is InChI=1S/C22H12O3S/c23-21-15-8-4-5-9-16(15)22(24)17(21)10-14-11-19-20(26-14)12-18(25-19)13-6-2-1-3-7-13/h1-12H. The van der Waals surface area contributed by atoms with Gasteiger partial charge in [-0.15, -0.1) is 11.3 Å². The van der Waals surface area contributed by atoms with Crippen LogP contribution in [0.15, 0.2) is 76.7 Å². The summed E-state index contributed by atoms with van der Waals surface area (Å²) < 4.78 is 6.92. The Morgan fingerprint density at radius 3 is 2.12 bits per heavy atom. The SMILES string of the molecule is O=C1C(=Cc2cc3oc(-c4ccccc4)cc3s2)C(=O)c2ccccc21. The third kappa shape index (κ3) is 2.27. The van der Waals surface area contributed by atoms with Crippen molar-refractivity contribution in [3.05, 3.63) is 88.3 Å². The highest BCUT2D eigenvalue weighted by Gasteiger charge is 2.32. The lowest BCUT2D eigenvalue weighted by Crippen LogP contribution is -1.99. The van der Waals surface area contributed by atoms with Crippen molar-refractivity contribution in [2.45, 2.75) is 0 Å². The summed E-state index contributed by atoms with van der Waals surface area (Å²) in [6, 6.07) is 20.7. The van der Waals surface area contributed by atoms with Gasteiger partial charge in [-0.2, -0.15) is 0 Å². The summed E-state index contributed by atoms with van der Waals surface area (Å²) in [5.41, 5.74) is 2.97.